The molecule has 1 aromatic heterocycles. The molecule has 1 aromatic rings. The molecular weight excluding hydrogens is 206 g/mol. The number of hydrogen-bond donors (Lipinski definition) is 4. The minimum atomic E-state index is -0.0769. The van der Waals surface area contributed by atoms with Crippen LogP contribution in [0.2, 0.25) is 0 Å². The third-order valence-electron chi connectivity index (χ3n) is 2.06. The van der Waals surface area contributed by atoms with Crippen LogP contribution in [0, 0.1) is 6.92 Å². The van der Waals surface area contributed by atoms with Crippen LogP contribution in [0.1, 0.15) is 17.7 Å². The van der Waals surface area contributed by atoms with Crippen LogP contribution in [0.3, 0.4) is 0 Å². The van der Waals surface area contributed by atoms with E-state index >= 15 is 0 Å². The van der Waals surface area contributed by atoms with E-state index in [0.717, 1.165) is 18.5 Å². The fourth-order valence-electron chi connectivity index (χ4n) is 1.26. The van der Waals surface area contributed by atoms with Gasteiger partial charge >= 0.3 is 0 Å². The van der Waals surface area contributed by atoms with E-state index in [9.17, 15) is 0 Å². The van der Waals surface area contributed by atoms with Gasteiger partial charge in [-0.1, -0.05) is 0 Å². The monoisotopic (exact) mass is 223 g/mol. The van der Waals surface area contributed by atoms with Crippen molar-refractivity contribution < 1.29 is 0 Å². The Kier molecular flexibility index (Phi) is 4.31. The van der Waals surface area contributed by atoms with Gasteiger partial charge in [0.15, 0.2) is 5.96 Å². The molecule has 1 heterocycles. The summed E-state index contributed by atoms with van der Waals surface area (Å²) in [7, 11) is 0. The summed E-state index contributed by atoms with van der Waals surface area (Å²) in [5.41, 5.74) is 18.0. The van der Waals surface area contributed by atoms with Gasteiger partial charge in [-0.15, -0.1) is 0 Å². The lowest BCUT2D eigenvalue weighted by atomic mass is 10.1. The van der Waals surface area contributed by atoms with Gasteiger partial charge in [0.25, 0.3) is 0 Å². The zero-order valence-corrected chi connectivity index (χ0v) is 9.27. The summed E-state index contributed by atoms with van der Waals surface area (Å²) >= 11 is 0. The van der Waals surface area contributed by atoms with Gasteiger partial charge in [-0.05, 0) is 25.3 Å². The lowest BCUT2D eigenvalue weighted by Crippen LogP contribution is -2.26. The van der Waals surface area contributed by atoms with E-state index in [1.54, 1.807) is 0 Å². The summed E-state index contributed by atoms with van der Waals surface area (Å²) in [6.45, 7) is 2.58. The molecular formula is C9H17N7. The highest BCUT2D eigenvalue weighted by atomic mass is 15.1. The predicted octanol–water partition coefficient (Wildman–Crippen LogP) is -0.761. The van der Waals surface area contributed by atoms with Crippen LogP contribution in [-0.4, -0.2) is 28.7 Å². The van der Waals surface area contributed by atoms with Crippen LogP contribution in [-0.2, 0) is 6.42 Å². The average Bonchev–Trinajstić information content (AvgIpc) is 2.58. The van der Waals surface area contributed by atoms with Crippen LogP contribution >= 0.6 is 0 Å². The molecule has 0 radical (unpaired) electrons. The Morgan fingerprint density at radius 1 is 1.44 bits per heavy atom. The van der Waals surface area contributed by atoms with Crippen LogP contribution in [0.15, 0.2) is 16.2 Å². The van der Waals surface area contributed by atoms with Crippen molar-refractivity contribution in [3.63, 3.8) is 0 Å². The maximum absolute atomic E-state index is 5.45. The molecule has 88 valence electrons. The zero-order chi connectivity index (χ0) is 12.0. The molecule has 0 amide bonds. The molecule has 0 spiro atoms. The first-order valence-corrected chi connectivity index (χ1v) is 4.98. The number of hydrogen-bond acceptors (Lipinski definition) is 2. The molecule has 0 atom stereocenters. The Balaban J connectivity index is 2.32. The Morgan fingerprint density at radius 3 is 2.75 bits per heavy atom. The molecule has 0 aliphatic heterocycles. The fraction of sp³-hybridized carbons (Fsp3) is 0.444. The second-order valence-electron chi connectivity index (χ2n) is 3.40. The lowest BCUT2D eigenvalue weighted by molar-refractivity contribution is 0.827. The normalized spacial score (nSPS) is 11.4. The van der Waals surface area contributed by atoms with Crippen molar-refractivity contribution >= 4 is 11.9 Å². The van der Waals surface area contributed by atoms with Gasteiger partial charge < -0.3 is 17.2 Å². The van der Waals surface area contributed by atoms with Crippen LogP contribution < -0.4 is 17.2 Å². The van der Waals surface area contributed by atoms with Gasteiger partial charge in [-0.3, -0.25) is 10.1 Å². The van der Waals surface area contributed by atoms with Crippen molar-refractivity contribution in [3.05, 3.63) is 17.5 Å². The lowest BCUT2D eigenvalue weighted by Gasteiger charge is -1.97. The first-order valence-electron chi connectivity index (χ1n) is 4.98. The van der Waals surface area contributed by atoms with E-state index in [0.29, 0.717) is 6.54 Å². The van der Waals surface area contributed by atoms with Crippen molar-refractivity contribution in [3.8, 4) is 0 Å². The van der Waals surface area contributed by atoms with E-state index < -0.39 is 0 Å². The molecule has 7 nitrogen and oxygen atoms in total. The van der Waals surface area contributed by atoms with Crippen molar-refractivity contribution in [2.24, 2.45) is 27.2 Å². The number of aryl methyl sites for hydroxylation is 2. The third kappa shape index (κ3) is 3.99. The quantitative estimate of drug-likeness (QED) is 0.303. The number of aromatic nitrogens is 2. The maximum atomic E-state index is 5.45. The number of H-pyrrole nitrogens is 1. The van der Waals surface area contributed by atoms with E-state index in [1.807, 2.05) is 13.1 Å². The van der Waals surface area contributed by atoms with E-state index in [4.69, 9.17) is 17.2 Å². The molecule has 0 unspecified atom stereocenters. The number of nitrogens with two attached hydrogens (primary N) is 3. The van der Waals surface area contributed by atoms with Crippen molar-refractivity contribution in [1.82, 2.24) is 10.2 Å². The van der Waals surface area contributed by atoms with Gasteiger partial charge in [0.05, 0.1) is 6.20 Å². The van der Waals surface area contributed by atoms with Crippen LogP contribution in [0.5, 0.6) is 0 Å². The zero-order valence-electron chi connectivity index (χ0n) is 9.27. The predicted molar refractivity (Wildman–Crippen MR) is 63.9 cm³/mol. The Labute approximate surface area is 93.8 Å². The minimum Gasteiger partial charge on any atom is -0.370 e. The summed E-state index contributed by atoms with van der Waals surface area (Å²) in [4.78, 5) is 7.62. The summed E-state index contributed by atoms with van der Waals surface area (Å²) < 4.78 is 0. The third-order valence-corrected chi connectivity index (χ3v) is 2.06. The number of aromatic amines is 1. The topological polar surface area (TPSA) is 131 Å². The number of aliphatic imine (C=N–C) groups is 2. The van der Waals surface area contributed by atoms with Crippen molar-refractivity contribution in [2.75, 3.05) is 6.54 Å². The standard InChI is InChI=1S/C9H17N7/c1-6-7(5-14-16-6)3-2-4-13-9(12)15-8(10)11/h5H,2-4H2,1H3,(H,14,16)(H6,10,11,12,13,15). The number of guanidine groups is 2. The number of nitrogens with zero attached hydrogens (tertiary/aromatic N) is 3. The molecule has 7 N–H and O–H groups in total. The van der Waals surface area contributed by atoms with Crippen molar-refractivity contribution in [2.45, 2.75) is 19.8 Å². The number of nitrogens with one attached hydrogen (secondary N) is 1. The molecule has 0 saturated carbocycles. The van der Waals surface area contributed by atoms with E-state index in [1.165, 1.54) is 5.56 Å². The van der Waals surface area contributed by atoms with Gasteiger partial charge in [0.1, 0.15) is 0 Å². The number of rotatable bonds is 4. The van der Waals surface area contributed by atoms with E-state index in [-0.39, 0.29) is 11.9 Å². The Morgan fingerprint density at radius 2 is 2.19 bits per heavy atom. The fourth-order valence-corrected chi connectivity index (χ4v) is 1.26. The summed E-state index contributed by atoms with van der Waals surface area (Å²) in [5.74, 6) is 0.0378. The summed E-state index contributed by atoms with van der Waals surface area (Å²) in [6.07, 6.45) is 3.60. The summed E-state index contributed by atoms with van der Waals surface area (Å²) in [5, 5.41) is 6.81. The highest BCUT2D eigenvalue weighted by Gasteiger charge is 1.99. The smallest absolute Gasteiger partial charge is 0.218 e. The highest BCUT2D eigenvalue weighted by Crippen LogP contribution is 2.05. The molecule has 7 heteroatoms. The van der Waals surface area contributed by atoms with Crippen molar-refractivity contribution in [1.29, 1.82) is 0 Å². The van der Waals surface area contributed by atoms with Crippen LogP contribution in [0.25, 0.3) is 0 Å². The highest BCUT2D eigenvalue weighted by molar-refractivity contribution is 5.92. The Hall–Kier alpha value is -2.05. The second kappa shape index (κ2) is 5.74. The molecule has 0 aliphatic carbocycles. The molecule has 0 bridgehead atoms. The minimum absolute atomic E-state index is 0.0769. The molecule has 0 aliphatic rings. The van der Waals surface area contributed by atoms with Gasteiger partial charge in [-0.2, -0.15) is 10.1 Å². The first kappa shape index (κ1) is 12.0. The maximum Gasteiger partial charge on any atom is 0.218 e. The second-order valence-corrected chi connectivity index (χ2v) is 3.40. The molecule has 0 fully saturated rings. The largest absolute Gasteiger partial charge is 0.370 e. The molecule has 16 heavy (non-hydrogen) atoms. The molecule has 0 aromatic carbocycles. The molecule has 0 saturated heterocycles. The van der Waals surface area contributed by atoms with Gasteiger partial charge in [0.2, 0.25) is 5.96 Å². The average molecular weight is 223 g/mol. The SMILES string of the molecule is Cc1[nH]ncc1CCCN=C(N)N=C(N)N. The van der Waals surface area contributed by atoms with Gasteiger partial charge in [-0.25, -0.2) is 0 Å². The van der Waals surface area contributed by atoms with E-state index in [2.05, 4.69) is 20.2 Å². The van der Waals surface area contributed by atoms with Crippen LogP contribution in [0.4, 0.5) is 0 Å². The summed E-state index contributed by atoms with van der Waals surface area (Å²) in [6, 6.07) is 0. The Bertz CT molecular complexity index is 386. The van der Waals surface area contributed by atoms with Gasteiger partial charge in [0, 0.05) is 12.2 Å². The first-order chi connectivity index (χ1) is 7.59. The molecule has 1 rings (SSSR count).